The van der Waals surface area contributed by atoms with Crippen molar-refractivity contribution < 1.29 is 9.53 Å². The normalized spacial score (nSPS) is 10.5. The molecule has 3 rings (SSSR count). The lowest BCUT2D eigenvalue weighted by atomic mass is 10.2. The second-order valence-electron chi connectivity index (χ2n) is 4.55. The van der Waals surface area contributed by atoms with Gasteiger partial charge in [-0.25, -0.2) is 14.8 Å². The molecule has 0 radical (unpaired) electrons. The molecule has 1 aromatic carbocycles. The first-order valence-corrected chi connectivity index (χ1v) is 8.26. The van der Waals surface area contributed by atoms with Gasteiger partial charge in [-0.3, -0.25) is 0 Å². The van der Waals surface area contributed by atoms with E-state index in [9.17, 15) is 4.79 Å². The summed E-state index contributed by atoms with van der Waals surface area (Å²) in [7, 11) is 0. The van der Waals surface area contributed by atoms with Crippen molar-refractivity contribution in [3.05, 3.63) is 69.4 Å². The molecular weight excluding hydrogens is 355 g/mol. The Morgan fingerprint density at radius 1 is 1.09 bits per heavy atom. The van der Waals surface area contributed by atoms with Crippen LogP contribution in [0.2, 0.25) is 10.2 Å². The molecule has 0 amide bonds. The first kappa shape index (κ1) is 15.9. The number of nitrogens with zero attached hydrogens (tertiary/aromatic N) is 2. The molecule has 4 nitrogen and oxygen atoms in total. The molecule has 0 atom stereocenters. The van der Waals surface area contributed by atoms with E-state index in [1.54, 1.807) is 0 Å². The zero-order valence-corrected chi connectivity index (χ0v) is 14.0. The van der Waals surface area contributed by atoms with E-state index in [4.69, 9.17) is 27.9 Å². The van der Waals surface area contributed by atoms with E-state index in [1.165, 1.54) is 23.5 Å². The van der Waals surface area contributed by atoms with Gasteiger partial charge in [0.1, 0.15) is 16.8 Å². The first-order valence-electron chi connectivity index (χ1n) is 6.62. The molecular formula is C16H10Cl2N2O2S. The monoisotopic (exact) mass is 364 g/mol. The fourth-order valence-corrected chi connectivity index (χ4v) is 3.00. The zero-order chi connectivity index (χ0) is 16.2. The number of rotatable bonds is 4. The van der Waals surface area contributed by atoms with E-state index in [0.29, 0.717) is 5.69 Å². The maximum atomic E-state index is 12.0. The van der Waals surface area contributed by atoms with Crippen LogP contribution in [0, 0.1) is 0 Å². The van der Waals surface area contributed by atoms with Gasteiger partial charge in [0.15, 0.2) is 5.69 Å². The average molecular weight is 365 g/mol. The van der Waals surface area contributed by atoms with Crippen LogP contribution in [0.1, 0.15) is 16.2 Å². The number of thiazole rings is 1. The van der Waals surface area contributed by atoms with Crippen LogP contribution in [-0.2, 0) is 11.3 Å². The third-order valence-corrected chi connectivity index (χ3v) is 4.38. The summed E-state index contributed by atoms with van der Waals surface area (Å²) in [6.07, 6.45) is 0. The minimum atomic E-state index is -0.633. The fourth-order valence-electron chi connectivity index (χ4n) is 1.86. The van der Waals surface area contributed by atoms with Crippen LogP contribution in [0.15, 0.2) is 47.8 Å². The fraction of sp³-hybridized carbons (Fsp3) is 0.0625. The summed E-state index contributed by atoms with van der Waals surface area (Å²) in [5.74, 6) is -0.633. The van der Waals surface area contributed by atoms with Gasteiger partial charge in [-0.15, -0.1) is 11.3 Å². The highest BCUT2D eigenvalue weighted by Gasteiger charge is 2.15. The predicted octanol–water partition coefficient (Wildman–Crippen LogP) is 4.87. The van der Waals surface area contributed by atoms with Crippen molar-refractivity contribution in [2.45, 2.75) is 6.61 Å². The summed E-state index contributed by atoms with van der Waals surface area (Å²) >= 11 is 13.2. The molecule has 0 saturated heterocycles. The third kappa shape index (κ3) is 3.88. The highest BCUT2D eigenvalue weighted by atomic mass is 35.5. The lowest BCUT2D eigenvalue weighted by Crippen LogP contribution is -2.08. The molecule has 0 aliphatic carbocycles. The Balaban J connectivity index is 1.68. The zero-order valence-electron chi connectivity index (χ0n) is 11.7. The van der Waals surface area contributed by atoms with E-state index >= 15 is 0 Å². The molecule has 23 heavy (non-hydrogen) atoms. The van der Waals surface area contributed by atoms with E-state index in [0.717, 1.165) is 10.6 Å². The van der Waals surface area contributed by atoms with Crippen LogP contribution < -0.4 is 0 Å². The van der Waals surface area contributed by atoms with Crippen molar-refractivity contribution in [3.63, 3.8) is 0 Å². The molecule has 2 aromatic heterocycles. The molecule has 0 spiro atoms. The van der Waals surface area contributed by atoms with Gasteiger partial charge >= 0.3 is 5.97 Å². The number of benzene rings is 1. The van der Waals surface area contributed by atoms with Crippen LogP contribution in [0.5, 0.6) is 0 Å². The standard InChI is InChI=1S/C16H10Cl2N2O2S/c17-12-6-7-13(18)20-14(12)16(21)22-8-11-9-23-15(19-11)10-4-2-1-3-5-10/h1-7,9H,8H2. The number of ether oxygens (including phenoxy) is 1. The van der Waals surface area contributed by atoms with Crippen LogP contribution in [0.25, 0.3) is 10.6 Å². The summed E-state index contributed by atoms with van der Waals surface area (Å²) in [5, 5.41) is 3.10. The molecule has 116 valence electrons. The molecule has 3 aromatic rings. The Kier molecular flexibility index (Phi) is 4.91. The number of carbonyl (C=O) groups is 1. The minimum absolute atomic E-state index is 0.00215. The quantitative estimate of drug-likeness (QED) is 0.489. The highest BCUT2D eigenvalue weighted by molar-refractivity contribution is 7.13. The van der Waals surface area contributed by atoms with E-state index in [1.807, 2.05) is 35.7 Å². The molecule has 2 heterocycles. The second-order valence-corrected chi connectivity index (χ2v) is 6.20. The van der Waals surface area contributed by atoms with Gasteiger partial charge in [0.25, 0.3) is 0 Å². The Labute approximate surface area is 146 Å². The SMILES string of the molecule is O=C(OCc1csc(-c2ccccc2)n1)c1nc(Cl)ccc1Cl. The van der Waals surface area contributed by atoms with Crippen molar-refractivity contribution in [2.75, 3.05) is 0 Å². The number of carbonyl (C=O) groups excluding carboxylic acids is 1. The van der Waals surface area contributed by atoms with Gasteiger partial charge in [0.2, 0.25) is 0 Å². The molecule has 0 saturated carbocycles. The summed E-state index contributed by atoms with van der Waals surface area (Å²) in [4.78, 5) is 20.3. The summed E-state index contributed by atoms with van der Waals surface area (Å²) < 4.78 is 5.20. The van der Waals surface area contributed by atoms with Gasteiger partial charge in [0.05, 0.1) is 10.7 Å². The largest absolute Gasteiger partial charge is 0.454 e. The molecule has 7 heteroatoms. The van der Waals surface area contributed by atoms with Gasteiger partial charge in [0, 0.05) is 10.9 Å². The number of pyridine rings is 1. The molecule has 0 aliphatic heterocycles. The molecule has 0 fully saturated rings. The predicted molar refractivity (Wildman–Crippen MR) is 90.9 cm³/mol. The smallest absolute Gasteiger partial charge is 0.358 e. The van der Waals surface area contributed by atoms with Gasteiger partial charge < -0.3 is 4.74 Å². The molecule has 0 N–H and O–H groups in total. The lowest BCUT2D eigenvalue weighted by molar-refractivity contribution is 0.0462. The Bertz CT molecular complexity index is 837. The van der Waals surface area contributed by atoms with Crippen LogP contribution >= 0.6 is 34.5 Å². The molecule has 0 bridgehead atoms. The van der Waals surface area contributed by atoms with Crippen LogP contribution in [0.3, 0.4) is 0 Å². The van der Waals surface area contributed by atoms with Crippen molar-refractivity contribution >= 4 is 40.5 Å². The first-order chi connectivity index (χ1) is 11.1. The minimum Gasteiger partial charge on any atom is -0.454 e. The molecule has 0 aliphatic rings. The summed E-state index contributed by atoms with van der Waals surface area (Å²) in [5.41, 5.74) is 1.69. The maximum absolute atomic E-state index is 12.0. The second kappa shape index (κ2) is 7.08. The Morgan fingerprint density at radius 2 is 1.87 bits per heavy atom. The van der Waals surface area contributed by atoms with Crippen molar-refractivity contribution in [3.8, 4) is 10.6 Å². The highest BCUT2D eigenvalue weighted by Crippen LogP contribution is 2.24. The molecule has 0 unspecified atom stereocenters. The van der Waals surface area contributed by atoms with Gasteiger partial charge in [-0.05, 0) is 12.1 Å². The summed E-state index contributed by atoms with van der Waals surface area (Å²) in [6, 6.07) is 12.8. The van der Waals surface area contributed by atoms with Crippen molar-refractivity contribution in [1.29, 1.82) is 0 Å². The van der Waals surface area contributed by atoms with E-state index in [-0.39, 0.29) is 22.5 Å². The number of halogens is 2. The number of hydrogen-bond donors (Lipinski definition) is 0. The van der Waals surface area contributed by atoms with Crippen molar-refractivity contribution in [2.24, 2.45) is 0 Å². The summed E-state index contributed by atoms with van der Waals surface area (Å²) in [6.45, 7) is 0.0483. The number of hydrogen-bond acceptors (Lipinski definition) is 5. The van der Waals surface area contributed by atoms with E-state index < -0.39 is 5.97 Å². The number of aromatic nitrogens is 2. The average Bonchev–Trinajstić information content (AvgIpc) is 3.05. The van der Waals surface area contributed by atoms with Crippen LogP contribution in [-0.4, -0.2) is 15.9 Å². The van der Waals surface area contributed by atoms with Gasteiger partial charge in [-0.2, -0.15) is 0 Å². The van der Waals surface area contributed by atoms with Crippen molar-refractivity contribution in [1.82, 2.24) is 9.97 Å². The number of esters is 1. The third-order valence-electron chi connectivity index (χ3n) is 2.93. The van der Waals surface area contributed by atoms with Gasteiger partial charge in [-0.1, -0.05) is 53.5 Å². The maximum Gasteiger partial charge on any atom is 0.358 e. The van der Waals surface area contributed by atoms with Crippen LogP contribution in [0.4, 0.5) is 0 Å². The Morgan fingerprint density at radius 3 is 2.65 bits per heavy atom. The topological polar surface area (TPSA) is 52.1 Å². The van der Waals surface area contributed by atoms with E-state index in [2.05, 4.69) is 9.97 Å². The Hall–Kier alpha value is -1.95. The lowest BCUT2D eigenvalue weighted by Gasteiger charge is -2.04.